The Morgan fingerprint density at radius 1 is 1.00 bits per heavy atom. The molecule has 3 fully saturated rings. The van der Waals surface area contributed by atoms with Gasteiger partial charge < -0.3 is 23.7 Å². The van der Waals surface area contributed by atoms with Crippen molar-refractivity contribution in [2.75, 3.05) is 6.61 Å². The molecule has 1 aromatic carbocycles. The normalized spacial score (nSPS) is 35.9. The molecule has 29 heavy (non-hydrogen) atoms. The zero-order valence-corrected chi connectivity index (χ0v) is 18.2. The first-order valence-electron chi connectivity index (χ1n) is 9.48. The summed E-state index contributed by atoms with van der Waals surface area (Å²) < 4.78 is 57.3. The second-order valence-corrected chi connectivity index (χ2v) is 11.6. The molecular formula is C19H23NO7S2. The van der Waals surface area contributed by atoms with E-state index in [0.29, 0.717) is 12.1 Å². The number of rotatable bonds is 3. The van der Waals surface area contributed by atoms with Crippen molar-refractivity contribution in [3.05, 3.63) is 24.3 Å². The van der Waals surface area contributed by atoms with Crippen LogP contribution in [-0.2, 0) is 33.5 Å². The summed E-state index contributed by atoms with van der Waals surface area (Å²) in [7, 11) is -3.91. The van der Waals surface area contributed by atoms with Crippen molar-refractivity contribution in [3.63, 3.8) is 0 Å². The standard InChI is InChI=1S/C19H23NO7S2/c1-18(2)23-9-11(25-18)13-14-15(27-19(3,4)26-14)16(24-13)29(21,22)17-20-10-7-5-6-8-12(10)28-17/h5-8,11,13-16H,9H2,1-4H3/t11-,13-,14+,15+,16?/m1/s1. The monoisotopic (exact) mass is 441 g/mol. The van der Waals surface area contributed by atoms with Crippen LogP contribution in [0.3, 0.4) is 0 Å². The summed E-state index contributed by atoms with van der Waals surface area (Å²) in [6.45, 7) is 7.44. The van der Waals surface area contributed by atoms with Gasteiger partial charge in [-0.25, -0.2) is 13.4 Å². The highest BCUT2D eigenvalue weighted by molar-refractivity contribution is 7.94. The van der Waals surface area contributed by atoms with Crippen LogP contribution in [0.4, 0.5) is 0 Å². The first-order valence-corrected chi connectivity index (χ1v) is 11.8. The average Bonchev–Trinajstić information content (AvgIpc) is 3.35. The maximum atomic E-state index is 13.5. The van der Waals surface area contributed by atoms with Gasteiger partial charge in [-0.3, -0.25) is 0 Å². The predicted molar refractivity (Wildman–Crippen MR) is 104 cm³/mol. The van der Waals surface area contributed by atoms with Gasteiger partial charge in [0.1, 0.15) is 24.4 Å². The molecule has 0 radical (unpaired) electrons. The Balaban J connectivity index is 1.50. The molecule has 1 aromatic heterocycles. The number of sulfone groups is 1. The van der Waals surface area contributed by atoms with Gasteiger partial charge in [-0.05, 0) is 39.8 Å². The lowest BCUT2D eigenvalue weighted by molar-refractivity contribution is -0.198. The second-order valence-electron chi connectivity index (χ2n) is 8.39. The Kier molecular flexibility index (Phi) is 4.39. The molecular weight excluding hydrogens is 418 g/mol. The van der Waals surface area contributed by atoms with Crippen LogP contribution in [0.25, 0.3) is 10.2 Å². The van der Waals surface area contributed by atoms with Gasteiger partial charge in [-0.1, -0.05) is 12.1 Å². The van der Waals surface area contributed by atoms with Crippen LogP contribution in [-0.4, -0.2) is 61.4 Å². The van der Waals surface area contributed by atoms with Gasteiger partial charge in [0.25, 0.3) is 0 Å². The molecule has 2 aromatic rings. The minimum absolute atomic E-state index is 0.0142. The lowest BCUT2D eigenvalue weighted by atomic mass is 10.1. The van der Waals surface area contributed by atoms with E-state index in [1.807, 2.05) is 32.0 Å². The van der Waals surface area contributed by atoms with Crippen molar-refractivity contribution in [1.82, 2.24) is 4.98 Å². The number of aromatic nitrogens is 1. The topological polar surface area (TPSA) is 93.2 Å². The smallest absolute Gasteiger partial charge is 0.234 e. The molecule has 0 saturated carbocycles. The predicted octanol–water partition coefficient (Wildman–Crippen LogP) is 2.47. The van der Waals surface area contributed by atoms with E-state index >= 15 is 0 Å². The van der Waals surface area contributed by atoms with E-state index < -0.39 is 51.3 Å². The Morgan fingerprint density at radius 2 is 1.72 bits per heavy atom. The van der Waals surface area contributed by atoms with Crippen molar-refractivity contribution in [1.29, 1.82) is 0 Å². The van der Waals surface area contributed by atoms with E-state index in [2.05, 4.69) is 4.98 Å². The number of hydrogen-bond acceptors (Lipinski definition) is 9. The van der Waals surface area contributed by atoms with Gasteiger partial charge >= 0.3 is 0 Å². The van der Waals surface area contributed by atoms with Crippen LogP contribution in [0.1, 0.15) is 27.7 Å². The zero-order valence-electron chi connectivity index (χ0n) is 16.5. The molecule has 3 saturated heterocycles. The molecule has 0 aliphatic carbocycles. The van der Waals surface area contributed by atoms with Crippen LogP contribution in [0.5, 0.6) is 0 Å². The minimum Gasteiger partial charge on any atom is -0.350 e. The average molecular weight is 442 g/mol. The molecule has 3 aliphatic rings. The molecule has 1 unspecified atom stereocenters. The highest BCUT2D eigenvalue weighted by Crippen LogP contribution is 2.45. The zero-order chi connectivity index (χ0) is 20.6. The fraction of sp³-hybridized carbons (Fsp3) is 0.632. The number of benzene rings is 1. The third-order valence-corrected chi connectivity index (χ3v) is 8.61. The van der Waals surface area contributed by atoms with Crippen molar-refractivity contribution in [3.8, 4) is 0 Å². The van der Waals surface area contributed by atoms with E-state index in [1.165, 1.54) is 0 Å². The fourth-order valence-corrected chi connectivity index (χ4v) is 7.07. The van der Waals surface area contributed by atoms with Crippen LogP contribution < -0.4 is 0 Å². The summed E-state index contributed by atoms with van der Waals surface area (Å²) in [4.78, 5) is 4.32. The van der Waals surface area contributed by atoms with Crippen molar-refractivity contribution < 1.29 is 32.1 Å². The molecule has 8 nitrogen and oxygen atoms in total. The Labute approximate surface area is 173 Å². The molecule has 0 bridgehead atoms. The quantitative estimate of drug-likeness (QED) is 0.717. The number of fused-ring (bicyclic) bond motifs is 2. The van der Waals surface area contributed by atoms with E-state index in [4.69, 9.17) is 23.7 Å². The molecule has 158 valence electrons. The molecule has 3 aliphatic heterocycles. The maximum Gasteiger partial charge on any atom is 0.234 e. The van der Waals surface area contributed by atoms with Gasteiger partial charge in [0.2, 0.25) is 14.2 Å². The summed E-state index contributed by atoms with van der Waals surface area (Å²) in [5, 5.41) is 0. The van der Waals surface area contributed by atoms with Crippen molar-refractivity contribution in [2.45, 2.75) is 73.5 Å². The molecule has 0 spiro atoms. The Bertz CT molecular complexity index is 1010. The highest BCUT2D eigenvalue weighted by Gasteiger charge is 2.62. The summed E-state index contributed by atoms with van der Waals surface area (Å²) in [6, 6.07) is 7.31. The number of nitrogens with zero attached hydrogens (tertiary/aromatic N) is 1. The summed E-state index contributed by atoms with van der Waals surface area (Å²) >= 11 is 1.13. The van der Waals surface area contributed by atoms with Crippen LogP contribution in [0, 0.1) is 0 Å². The van der Waals surface area contributed by atoms with E-state index in [-0.39, 0.29) is 4.34 Å². The van der Waals surface area contributed by atoms with Gasteiger partial charge in [0.15, 0.2) is 17.0 Å². The second kappa shape index (κ2) is 6.43. The SMILES string of the molecule is CC1(C)O[C@H]2[C@@H]([C@H]3COC(C)(C)O3)OC(S(=O)(=O)c3nc4ccccc4s3)[C@H]2O1. The Morgan fingerprint density at radius 3 is 2.41 bits per heavy atom. The first kappa shape index (κ1) is 19.8. The summed E-state index contributed by atoms with van der Waals surface area (Å²) in [5.41, 5.74) is -0.590. The Hall–Kier alpha value is -1.14. The molecule has 10 heteroatoms. The summed E-state index contributed by atoms with van der Waals surface area (Å²) in [5.74, 6) is -1.68. The maximum absolute atomic E-state index is 13.5. The highest BCUT2D eigenvalue weighted by atomic mass is 32.2. The minimum atomic E-state index is -3.91. The third kappa shape index (κ3) is 3.31. The van der Waals surface area contributed by atoms with E-state index in [9.17, 15) is 8.42 Å². The van der Waals surface area contributed by atoms with E-state index in [1.54, 1.807) is 19.9 Å². The van der Waals surface area contributed by atoms with Gasteiger partial charge in [-0.2, -0.15) is 0 Å². The van der Waals surface area contributed by atoms with Crippen LogP contribution >= 0.6 is 11.3 Å². The largest absolute Gasteiger partial charge is 0.350 e. The number of ether oxygens (including phenoxy) is 5. The first-order chi connectivity index (χ1) is 13.6. The molecule has 0 N–H and O–H groups in total. The van der Waals surface area contributed by atoms with E-state index in [0.717, 1.165) is 16.0 Å². The third-order valence-electron chi connectivity index (χ3n) is 5.27. The molecule has 5 rings (SSSR count). The van der Waals surface area contributed by atoms with Crippen LogP contribution in [0.15, 0.2) is 28.6 Å². The number of thiazole rings is 1. The van der Waals surface area contributed by atoms with Crippen molar-refractivity contribution in [2.24, 2.45) is 0 Å². The molecule has 5 atom stereocenters. The van der Waals surface area contributed by atoms with Gasteiger partial charge in [0.05, 0.1) is 16.8 Å². The number of para-hydroxylation sites is 1. The summed E-state index contributed by atoms with van der Waals surface area (Å²) in [6.07, 6.45) is -2.44. The molecule has 4 heterocycles. The van der Waals surface area contributed by atoms with Crippen molar-refractivity contribution >= 4 is 31.4 Å². The van der Waals surface area contributed by atoms with Gasteiger partial charge in [0, 0.05) is 0 Å². The van der Waals surface area contributed by atoms with Crippen LogP contribution in [0.2, 0.25) is 0 Å². The fourth-order valence-electron chi connectivity index (χ4n) is 4.09. The van der Waals surface area contributed by atoms with Gasteiger partial charge in [-0.15, -0.1) is 11.3 Å². The lowest BCUT2D eigenvalue weighted by Crippen LogP contribution is -2.40. The number of hydrogen-bond donors (Lipinski definition) is 0. The molecule has 0 amide bonds. The lowest BCUT2D eigenvalue weighted by Gasteiger charge is -2.26.